The maximum atomic E-state index is 5.21. The number of hydrogen-bond acceptors (Lipinski definition) is 3. The fraction of sp³-hybridized carbons (Fsp3) is 0.571. The van der Waals surface area contributed by atoms with Gasteiger partial charge in [-0.1, -0.05) is 13.0 Å². The molecule has 0 aliphatic rings. The standard InChI is InChI=1S/C14H23NOS/c1-5-15-13(9-16-4)10-17-14-7-6-11(2)12(3)8-14/h6-8,13,15H,5,9-10H2,1-4H3. The lowest BCUT2D eigenvalue weighted by Gasteiger charge is -2.16. The lowest BCUT2D eigenvalue weighted by Crippen LogP contribution is -2.35. The summed E-state index contributed by atoms with van der Waals surface area (Å²) in [5.74, 6) is 1.05. The first kappa shape index (κ1) is 14.6. The summed E-state index contributed by atoms with van der Waals surface area (Å²) in [5, 5.41) is 3.43. The predicted octanol–water partition coefficient (Wildman–Crippen LogP) is 3.02. The molecule has 1 aromatic carbocycles. The van der Waals surface area contributed by atoms with Crippen LogP contribution in [0.4, 0.5) is 0 Å². The molecule has 96 valence electrons. The van der Waals surface area contributed by atoms with E-state index in [0.29, 0.717) is 6.04 Å². The number of thioether (sulfide) groups is 1. The van der Waals surface area contributed by atoms with Crippen molar-refractivity contribution in [1.29, 1.82) is 0 Å². The van der Waals surface area contributed by atoms with Crippen LogP contribution in [-0.2, 0) is 4.74 Å². The van der Waals surface area contributed by atoms with Crippen molar-refractivity contribution >= 4 is 11.8 Å². The van der Waals surface area contributed by atoms with Gasteiger partial charge in [-0.3, -0.25) is 0 Å². The average Bonchev–Trinajstić information content (AvgIpc) is 2.31. The molecule has 1 unspecified atom stereocenters. The monoisotopic (exact) mass is 253 g/mol. The molecule has 0 aromatic heterocycles. The maximum Gasteiger partial charge on any atom is 0.0624 e. The van der Waals surface area contributed by atoms with Gasteiger partial charge in [-0.25, -0.2) is 0 Å². The van der Waals surface area contributed by atoms with Crippen molar-refractivity contribution in [2.24, 2.45) is 0 Å². The fourth-order valence-electron chi connectivity index (χ4n) is 1.66. The summed E-state index contributed by atoms with van der Waals surface area (Å²) < 4.78 is 5.21. The second-order valence-electron chi connectivity index (χ2n) is 4.27. The van der Waals surface area contributed by atoms with Crippen molar-refractivity contribution in [3.8, 4) is 0 Å². The Labute approximate surface area is 109 Å². The van der Waals surface area contributed by atoms with Crippen LogP contribution in [0.25, 0.3) is 0 Å². The van der Waals surface area contributed by atoms with E-state index in [-0.39, 0.29) is 0 Å². The number of nitrogens with one attached hydrogen (secondary N) is 1. The minimum atomic E-state index is 0.427. The van der Waals surface area contributed by atoms with E-state index in [4.69, 9.17) is 4.74 Å². The molecule has 0 heterocycles. The molecule has 17 heavy (non-hydrogen) atoms. The number of aryl methyl sites for hydroxylation is 2. The average molecular weight is 253 g/mol. The van der Waals surface area contributed by atoms with Crippen molar-refractivity contribution in [1.82, 2.24) is 5.32 Å². The van der Waals surface area contributed by atoms with Crippen LogP contribution in [0.5, 0.6) is 0 Å². The lowest BCUT2D eigenvalue weighted by molar-refractivity contribution is 0.174. The highest BCUT2D eigenvalue weighted by molar-refractivity contribution is 7.99. The second-order valence-corrected chi connectivity index (χ2v) is 5.36. The molecule has 1 rings (SSSR count). The molecular formula is C14H23NOS. The van der Waals surface area contributed by atoms with Gasteiger partial charge in [0, 0.05) is 23.8 Å². The molecule has 0 fully saturated rings. The summed E-state index contributed by atoms with van der Waals surface area (Å²) in [6.45, 7) is 8.20. The lowest BCUT2D eigenvalue weighted by atomic mass is 10.1. The van der Waals surface area contributed by atoms with E-state index in [1.807, 2.05) is 11.8 Å². The van der Waals surface area contributed by atoms with Gasteiger partial charge in [0.1, 0.15) is 0 Å². The Kier molecular flexibility index (Phi) is 6.63. The molecule has 0 bridgehead atoms. The third-order valence-corrected chi connectivity index (χ3v) is 3.95. The molecule has 1 atom stereocenters. The number of ether oxygens (including phenoxy) is 1. The van der Waals surface area contributed by atoms with Crippen LogP contribution < -0.4 is 5.32 Å². The molecule has 0 aliphatic carbocycles. The van der Waals surface area contributed by atoms with Crippen molar-refractivity contribution in [2.75, 3.05) is 26.0 Å². The van der Waals surface area contributed by atoms with Crippen LogP contribution in [0, 0.1) is 13.8 Å². The summed E-state index contributed by atoms with van der Waals surface area (Å²) >= 11 is 1.89. The van der Waals surface area contributed by atoms with Gasteiger partial charge in [0.05, 0.1) is 6.61 Å². The molecule has 0 aliphatic heterocycles. The van der Waals surface area contributed by atoms with Crippen LogP contribution in [0.3, 0.4) is 0 Å². The fourth-order valence-corrected chi connectivity index (χ4v) is 2.69. The van der Waals surface area contributed by atoms with Gasteiger partial charge < -0.3 is 10.1 Å². The molecule has 3 heteroatoms. The van der Waals surface area contributed by atoms with E-state index in [2.05, 4.69) is 44.3 Å². The third kappa shape index (κ3) is 5.11. The summed E-state index contributed by atoms with van der Waals surface area (Å²) in [5.41, 5.74) is 2.72. The van der Waals surface area contributed by atoms with E-state index in [0.717, 1.165) is 18.9 Å². The van der Waals surface area contributed by atoms with Crippen molar-refractivity contribution < 1.29 is 4.74 Å². The first-order chi connectivity index (χ1) is 8.17. The van der Waals surface area contributed by atoms with Crippen LogP contribution in [0.1, 0.15) is 18.1 Å². The Hall–Kier alpha value is -0.510. The normalized spacial score (nSPS) is 12.7. The van der Waals surface area contributed by atoms with Crippen molar-refractivity contribution in [3.63, 3.8) is 0 Å². The quantitative estimate of drug-likeness (QED) is 0.755. The largest absolute Gasteiger partial charge is 0.383 e. The molecule has 0 amide bonds. The Morgan fingerprint density at radius 1 is 1.29 bits per heavy atom. The maximum absolute atomic E-state index is 5.21. The number of benzene rings is 1. The van der Waals surface area contributed by atoms with Gasteiger partial charge in [-0.05, 0) is 43.7 Å². The van der Waals surface area contributed by atoms with Crippen LogP contribution in [-0.4, -0.2) is 32.1 Å². The van der Waals surface area contributed by atoms with Gasteiger partial charge in [0.15, 0.2) is 0 Å². The summed E-state index contributed by atoms with van der Waals surface area (Å²) in [7, 11) is 1.75. The SMILES string of the molecule is CCNC(COC)CSc1ccc(C)c(C)c1. The first-order valence-corrected chi connectivity index (χ1v) is 7.08. The topological polar surface area (TPSA) is 21.3 Å². The van der Waals surface area contributed by atoms with Crippen LogP contribution >= 0.6 is 11.8 Å². The highest BCUT2D eigenvalue weighted by Gasteiger charge is 2.07. The zero-order chi connectivity index (χ0) is 12.7. The smallest absolute Gasteiger partial charge is 0.0624 e. The minimum absolute atomic E-state index is 0.427. The van der Waals surface area contributed by atoms with E-state index < -0.39 is 0 Å². The molecule has 1 N–H and O–H groups in total. The number of methoxy groups -OCH3 is 1. The Balaban J connectivity index is 2.49. The van der Waals surface area contributed by atoms with Gasteiger partial charge >= 0.3 is 0 Å². The molecule has 0 spiro atoms. The summed E-state index contributed by atoms with van der Waals surface area (Å²) in [4.78, 5) is 1.34. The van der Waals surface area contributed by atoms with Crippen LogP contribution in [0.15, 0.2) is 23.1 Å². The van der Waals surface area contributed by atoms with E-state index >= 15 is 0 Å². The molecule has 2 nitrogen and oxygen atoms in total. The minimum Gasteiger partial charge on any atom is -0.383 e. The molecule has 0 radical (unpaired) electrons. The summed E-state index contributed by atoms with van der Waals surface area (Å²) in [6.07, 6.45) is 0. The van der Waals surface area contributed by atoms with Gasteiger partial charge in [-0.2, -0.15) is 0 Å². The third-order valence-electron chi connectivity index (χ3n) is 2.79. The zero-order valence-corrected chi connectivity index (χ0v) is 12.1. The molecule has 0 saturated heterocycles. The van der Waals surface area contributed by atoms with Gasteiger partial charge in [-0.15, -0.1) is 11.8 Å². The Bertz CT molecular complexity index is 335. The number of rotatable bonds is 7. The molecule has 0 saturated carbocycles. The zero-order valence-electron chi connectivity index (χ0n) is 11.2. The number of likely N-dealkylation sites (N-methyl/N-ethyl adjacent to an activating group) is 1. The molecular weight excluding hydrogens is 230 g/mol. The Morgan fingerprint density at radius 3 is 2.65 bits per heavy atom. The highest BCUT2D eigenvalue weighted by atomic mass is 32.2. The van der Waals surface area contributed by atoms with Gasteiger partial charge in [0.2, 0.25) is 0 Å². The predicted molar refractivity (Wildman–Crippen MR) is 76.0 cm³/mol. The van der Waals surface area contributed by atoms with Crippen LogP contribution in [0.2, 0.25) is 0 Å². The first-order valence-electron chi connectivity index (χ1n) is 6.09. The van der Waals surface area contributed by atoms with Crippen molar-refractivity contribution in [3.05, 3.63) is 29.3 Å². The molecule has 1 aromatic rings. The highest BCUT2D eigenvalue weighted by Crippen LogP contribution is 2.21. The summed E-state index contributed by atoms with van der Waals surface area (Å²) in [6, 6.07) is 7.08. The second kappa shape index (κ2) is 7.75. The van der Waals surface area contributed by atoms with Crippen molar-refractivity contribution in [2.45, 2.75) is 31.7 Å². The van der Waals surface area contributed by atoms with Gasteiger partial charge in [0.25, 0.3) is 0 Å². The Morgan fingerprint density at radius 2 is 2.06 bits per heavy atom. The van der Waals surface area contributed by atoms with E-state index in [9.17, 15) is 0 Å². The van der Waals surface area contributed by atoms with E-state index in [1.54, 1.807) is 7.11 Å². The number of hydrogen-bond donors (Lipinski definition) is 1. The van der Waals surface area contributed by atoms with E-state index in [1.165, 1.54) is 16.0 Å².